The molecule has 0 aliphatic carbocycles. The third kappa shape index (κ3) is 3.08. The van der Waals surface area contributed by atoms with Crippen LogP contribution in [0.25, 0.3) is 0 Å². The van der Waals surface area contributed by atoms with E-state index >= 15 is 0 Å². The zero-order valence-electron chi connectivity index (χ0n) is 12.2. The molecule has 1 N–H and O–H groups in total. The number of anilines is 1. The van der Waals surface area contributed by atoms with Crippen LogP contribution in [0.1, 0.15) is 27.2 Å². The van der Waals surface area contributed by atoms with E-state index in [2.05, 4.69) is 5.32 Å². The quantitative estimate of drug-likeness (QED) is 0.925. The number of hydrogen-bond acceptors (Lipinski definition) is 3. The number of benzene rings is 1. The summed E-state index contributed by atoms with van der Waals surface area (Å²) in [5.41, 5.74) is -0.0352. The van der Waals surface area contributed by atoms with Crippen molar-refractivity contribution < 1.29 is 27.1 Å². The van der Waals surface area contributed by atoms with Crippen molar-refractivity contribution in [1.29, 1.82) is 0 Å². The summed E-state index contributed by atoms with van der Waals surface area (Å²) in [5, 5.41) is 2.43. The molecule has 1 aromatic carbocycles. The van der Waals surface area contributed by atoms with Crippen LogP contribution >= 0.6 is 0 Å². The maximum absolute atomic E-state index is 12.8. The van der Waals surface area contributed by atoms with Gasteiger partial charge in [0, 0.05) is 5.56 Å². The molecule has 118 valence electrons. The van der Waals surface area contributed by atoms with Crippen molar-refractivity contribution in [3.8, 4) is 5.75 Å². The number of rotatable bonds is 3. The fourth-order valence-electron chi connectivity index (χ4n) is 2.08. The Morgan fingerprint density at radius 2 is 1.95 bits per heavy atom. The monoisotopic (exact) mass is 313 g/mol. The number of alkyl halides is 3. The van der Waals surface area contributed by atoms with Crippen molar-refractivity contribution in [3.05, 3.63) is 46.9 Å². The number of amides is 1. The van der Waals surface area contributed by atoms with Crippen LogP contribution in [0.15, 0.2) is 28.9 Å². The second-order valence-corrected chi connectivity index (χ2v) is 4.72. The fourth-order valence-corrected chi connectivity index (χ4v) is 2.08. The largest absolute Gasteiger partial charge is 0.495 e. The fraction of sp³-hybridized carbons (Fsp3) is 0.267. The Hall–Kier alpha value is -2.44. The lowest BCUT2D eigenvalue weighted by molar-refractivity contribution is -0.137. The Balaban J connectivity index is 2.38. The number of ether oxygens (including phenoxy) is 1. The molecule has 0 saturated heterocycles. The average Bonchev–Trinajstić information content (AvgIpc) is 2.77. The number of hydrogen-bond donors (Lipinski definition) is 1. The van der Waals surface area contributed by atoms with E-state index in [4.69, 9.17) is 9.15 Å². The first-order chi connectivity index (χ1) is 10.2. The molecule has 7 heteroatoms. The summed E-state index contributed by atoms with van der Waals surface area (Å²) in [6.07, 6.45) is -3.10. The van der Waals surface area contributed by atoms with Gasteiger partial charge in [-0.2, -0.15) is 13.2 Å². The minimum absolute atomic E-state index is 0.0534. The van der Waals surface area contributed by atoms with Gasteiger partial charge in [0.25, 0.3) is 5.91 Å². The number of furan rings is 1. The molecular formula is C15H14F3NO3. The molecule has 0 bridgehead atoms. The van der Waals surface area contributed by atoms with Crippen molar-refractivity contribution in [2.75, 3.05) is 12.4 Å². The SMILES string of the molecule is COc1ccc(C(F)(F)F)cc1NC(=O)c1c(C)coc1C. The topological polar surface area (TPSA) is 51.5 Å². The van der Waals surface area contributed by atoms with E-state index in [9.17, 15) is 18.0 Å². The van der Waals surface area contributed by atoms with E-state index in [-0.39, 0.29) is 11.4 Å². The average molecular weight is 313 g/mol. The van der Waals surface area contributed by atoms with E-state index in [1.165, 1.54) is 13.4 Å². The van der Waals surface area contributed by atoms with Crippen LogP contribution in [-0.2, 0) is 6.18 Å². The minimum Gasteiger partial charge on any atom is -0.495 e. The van der Waals surface area contributed by atoms with Crippen LogP contribution in [-0.4, -0.2) is 13.0 Å². The second-order valence-electron chi connectivity index (χ2n) is 4.72. The van der Waals surface area contributed by atoms with Crippen LogP contribution in [0.2, 0.25) is 0 Å². The molecule has 0 fully saturated rings. The number of halogens is 3. The molecule has 0 spiro atoms. The predicted molar refractivity (Wildman–Crippen MR) is 74.1 cm³/mol. The Morgan fingerprint density at radius 3 is 2.45 bits per heavy atom. The lowest BCUT2D eigenvalue weighted by atomic mass is 10.1. The normalized spacial score (nSPS) is 11.4. The highest BCUT2D eigenvalue weighted by Gasteiger charge is 2.31. The molecular weight excluding hydrogens is 299 g/mol. The van der Waals surface area contributed by atoms with Gasteiger partial charge >= 0.3 is 6.18 Å². The van der Waals surface area contributed by atoms with Crippen molar-refractivity contribution >= 4 is 11.6 Å². The summed E-state index contributed by atoms with van der Waals surface area (Å²) >= 11 is 0. The summed E-state index contributed by atoms with van der Waals surface area (Å²) in [7, 11) is 1.31. The molecule has 0 atom stereocenters. The van der Waals surface area contributed by atoms with E-state index in [0.717, 1.165) is 18.2 Å². The summed E-state index contributed by atoms with van der Waals surface area (Å²) in [6.45, 7) is 3.28. The Bertz CT molecular complexity index is 685. The number of aryl methyl sites for hydroxylation is 2. The zero-order chi connectivity index (χ0) is 16.5. The maximum Gasteiger partial charge on any atom is 0.416 e. The van der Waals surface area contributed by atoms with Gasteiger partial charge in [0.1, 0.15) is 11.5 Å². The van der Waals surface area contributed by atoms with Crippen LogP contribution in [0, 0.1) is 13.8 Å². The molecule has 1 aromatic heterocycles. The van der Waals surface area contributed by atoms with Gasteiger partial charge in [-0.05, 0) is 32.0 Å². The first kappa shape index (κ1) is 15.9. The lowest BCUT2D eigenvalue weighted by Crippen LogP contribution is -2.15. The van der Waals surface area contributed by atoms with Crippen LogP contribution in [0.4, 0.5) is 18.9 Å². The molecule has 2 rings (SSSR count). The number of carbonyl (C=O) groups is 1. The molecule has 0 radical (unpaired) electrons. The van der Waals surface area contributed by atoms with Gasteiger partial charge in [-0.1, -0.05) is 0 Å². The van der Waals surface area contributed by atoms with Crippen LogP contribution in [0.3, 0.4) is 0 Å². The molecule has 0 aliphatic rings. The highest BCUT2D eigenvalue weighted by Crippen LogP contribution is 2.35. The highest BCUT2D eigenvalue weighted by molar-refractivity contribution is 6.06. The van der Waals surface area contributed by atoms with Crippen LogP contribution in [0.5, 0.6) is 5.75 Å². The van der Waals surface area contributed by atoms with E-state index in [1.807, 2.05) is 0 Å². The Labute approximate surface area is 124 Å². The number of nitrogens with one attached hydrogen (secondary N) is 1. The van der Waals surface area contributed by atoms with Gasteiger partial charge < -0.3 is 14.5 Å². The van der Waals surface area contributed by atoms with E-state index in [1.54, 1.807) is 13.8 Å². The molecule has 22 heavy (non-hydrogen) atoms. The Kier molecular flexibility index (Phi) is 4.16. The van der Waals surface area contributed by atoms with Gasteiger partial charge in [-0.3, -0.25) is 4.79 Å². The summed E-state index contributed by atoms with van der Waals surface area (Å²) in [6, 6.07) is 2.89. The van der Waals surface area contributed by atoms with E-state index in [0.29, 0.717) is 16.9 Å². The summed E-state index contributed by atoms with van der Waals surface area (Å²) < 4.78 is 48.4. The van der Waals surface area contributed by atoms with E-state index < -0.39 is 17.6 Å². The van der Waals surface area contributed by atoms with Crippen LogP contribution < -0.4 is 10.1 Å². The molecule has 2 aromatic rings. The first-order valence-electron chi connectivity index (χ1n) is 6.35. The number of methoxy groups -OCH3 is 1. The van der Waals surface area contributed by atoms with Crippen molar-refractivity contribution in [3.63, 3.8) is 0 Å². The number of carbonyl (C=O) groups excluding carboxylic acids is 1. The summed E-state index contributed by atoms with van der Waals surface area (Å²) in [4.78, 5) is 12.2. The third-order valence-electron chi connectivity index (χ3n) is 3.16. The highest BCUT2D eigenvalue weighted by atomic mass is 19.4. The van der Waals surface area contributed by atoms with Crippen molar-refractivity contribution in [2.45, 2.75) is 20.0 Å². The molecule has 0 unspecified atom stereocenters. The minimum atomic E-state index is -4.51. The Morgan fingerprint density at radius 1 is 1.27 bits per heavy atom. The summed E-state index contributed by atoms with van der Waals surface area (Å²) in [5.74, 6) is -0.0255. The third-order valence-corrected chi connectivity index (χ3v) is 3.16. The van der Waals surface area contributed by atoms with Gasteiger partial charge in [0.15, 0.2) is 0 Å². The van der Waals surface area contributed by atoms with Gasteiger partial charge in [0.05, 0.1) is 30.2 Å². The standard InChI is InChI=1S/C15H14F3NO3/c1-8-7-22-9(2)13(8)14(20)19-11-6-10(15(16,17)18)4-5-12(11)21-3/h4-7H,1-3H3,(H,19,20). The maximum atomic E-state index is 12.8. The molecule has 0 aliphatic heterocycles. The lowest BCUT2D eigenvalue weighted by Gasteiger charge is -2.13. The molecule has 4 nitrogen and oxygen atoms in total. The van der Waals surface area contributed by atoms with Crippen molar-refractivity contribution in [1.82, 2.24) is 0 Å². The second kappa shape index (κ2) is 5.75. The van der Waals surface area contributed by atoms with Gasteiger partial charge in [-0.15, -0.1) is 0 Å². The van der Waals surface area contributed by atoms with Gasteiger partial charge in [0.2, 0.25) is 0 Å². The molecule has 1 heterocycles. The molecule has 1 amide bonds. The smallest absolute Gasteiger partial charge is 0.416 e. The van der Waals surface area contributed by atoms with Gasteiger partial charge in [-0.25, -0.2) is 0 Å². The zero-order valence-corrected chi connectivity index (χ0v) is 12.2. The molecule has 0 saturated carbocycles. The predicted octanol–water partition coefficient (Wildman–Crippen LogP) is 4.18. The first-order valence-corrected chi connectivity index (χ1v) is 6.35. The van der Waals surface area contributed by atoms with Crippen molar-refractivity contribution in [2.24, 2.45) is 0 Å².